The minimum Gasteiger partial charge on any atom is -0.481 e. The number of terminal acetylenes is 1. The van der Waals surface area contributed by atoms with Gasteiger partial charge in [0.1, 0.15) is 0 Å². The van der Waals surface area contributed by atoms with E-state index in [4.69, 9.17) is 6.42 Å². The maximum absolute atomic E-state index is 12.4. The number of hydrogen-bond donors (Lipinski definition) is 2. The van der Waals surface area contributed by atoms with Gasteiger partial charge in [0.25, 0.3) is 0 Å². The lowest BCUT2D eigenvalue weighted by Crippen LogP contribution is -2.55. The Bertz CT molecular complexity index is 801. The van der Waals surface area contributed by atoms with Crippen LogP contribution in [-0.4, -0.2) is 23.0 Å². The molecular weight excluding hydrogens is 422 g/mol. The van der Waals surface area contributed by atoms with Crippen molar-refractivity contribution in [1.29, 1.82) is 0 Å². The molecule has 34 heavy (non-hydrogen) atoms. The molecule has 0 heterocycles. The SMILES string of the molecule is C#CCCCC(=O)N[C@H]1CC[C@@]2(C)C(CCC3C2CC[C@@]2(C)C3CC[C@@H]2[C@H](C)CCC(=O)O)C1. The largest absolute Gasteiger partial charge is 0.481 e. The molecule has 4 saturated carbocycles. The van der Waals surface area contributed by atoms with Crippen LogP contribution in [0.1, 0.15) is 111 Å². The van der Waals surface area contributed by atoms with Crippen LogP contribution in [0.15, 0.2) is 0 Å². The molecule has 0 aromatic heterocycles. The van der Waals surface area contributed by atoms with Crippen molar-refractivity contribution < 1.29 is 14.7 Å². The number of rotatable bonds is 8. The van der Waals surface area contributed by atoms with Crippen LogP contribution in [0.3, 0.4) is 0 Å². The van der Waals surface area contributed by atoms with Gasteiger partial charge in [0, 0.05) is 25.3 Å². The number of aliphatic carboxylic acids is 1. The zero-order valence-corrected chi connectivity index (χ0v) is 21.8. The van der Waals surface area contributed by atoms with Crippen molar-refractivity contribution in [2.24, 2.45) is 46.3 Å². The van der Waals surface area contributed by atoms with Gasteiger partial charge in [0.2, 0.25) is 5.91 Å². The van der Waals surface area contributed by atoms with E-state index in [0.29, 0.717) is 48.0 Å². The number of amides is 1. The van der Waals surface area contributed by atoms with Gasteiger partial charge in [0.15, 0.2) is 0 Å². The molecule has 4 nitrogen and oxygen atoms in total. The summed E-state index contributed by atoms with van der Waals surface area (Å²) in [6.07, 6.45) is 20.0. The third kappa shape index (κ3) is 4.78. The fourth-order valence-corrected chi connectivity index (χ4v) is 9.57. The van der Waals surface area contributed by atoms with Gasteiger partial charge >= 0.3 is 5.97 Å². The number of unbranched alkanes of at least 4 members (excludes halogenated alkanes) is 1. The number of fused-ring (bicyclic) bond motifs is 5. The minimum atomic E-state index is -0.652. The quantitative estimate of drug-likeness (QED) is 0.318. The average molecular weight is 470 g/mol. The van der Waals surface area contributed by atoms with Crippen LogP contribution in [0.25, 0.3) is 0 Å². The lowest BCUT2D eigenvalue weighted by Gasteiger charge is -2.61. The normalized spacial score (nSPS) is 41.9. The molecule has 4 heteroatoms. The van der Waals surface area contributed by atoms with Crippen molar-refractivity contribution in [3.8, 4) is 12.3 Å². The highest BCUT2D eigenvalue weighted by atomic mass is 16.4. The molecule has 0 saturated heterocycles. The fraction of sp³-hybridized carbons (Fsp3) is 0.867. The summed E-state index contributed by atoms with van der Waals surface area (Å²) < 4.78 is 0. The predicted molar refractivity (Wildman–Crippen MR) is 136 cm³/mol. The van der Waals surface area contributed by atoms with Gasteiger partial charge in [-0.2, -0.15) is 0 Å². The number of carboxylic acids is 1. The van der Waals surface area contributed by atoms with Crippen LogP contribution >= 0.6 is 0 Å². The molecule has 0 radical (unpaired) electrons. The average Bonchev–Trinajstić information content (AvgIpc) is 3.15. The van der Waals surface area contributed by atoms with E-state index in [1.807, 2.05) is 0 Å². The number of hydrogen-bond acceptors (Lipinski definition) is 2. The molecule has 9 atom stereocenters. The molecule has 0 aliphatic heterocycles. The van der Waals surface area contributed by atoms with Gasteiger partial charge in [-0.05, 0) is 117 Å². The Hall–Kier alpha value is -1.50. The summed E-state index contributed by atoms with van der Waals surface area (Å²) in [5.41, 5.74) is 0.813. The Morgan fingerprint density at radius 2 is 1.76 bits per heavy atom. The van der Waals surface area contributed by atoms with E-state index < -0.39 is 5.97 Å². The summed E-state index contributed by atoms with van der Waals surface area (Å²) in [4.78, 5) is 23.5. The van der Waals surface area contributed by atoms with Crippen molar-refractivity contribution >= 4 is 11.9 Å². The molecule has 4 aliphatic rings. The molecule has 4 aliphatic carbocycles. The van der Waals surface area contributed by atoms with E-state index in [1.54, 1.807) is 0 Å². The first-order valence-corrected chi connectivity index (χ1v) is 14.1. The lowest BCUT2D eigenvalue weighted by molar-refractivity contribution is -0.137. The highest BCUT2D eigenvalue weighted by molar-refractivity contribution is 5.76. The molecule has 0 aromatic carbocycles. The van der Waals surface area contributed by atoms with E-state index in [1.165, 1.54) is 44.9 Å². The Kier molecular flexibility index (Phi) is 7.70. The van der Waals surface area contributed by atoms with Gasteiger partial charge in [0.05, 0.1) is 0 Å². The molecular formula is C30H47NO3. The first-order chi connectivity index (χ1) is 16.2. The maximum atomic E-state index is 12.4. The standard InChI is InChI=1S/C30H47NO3/c1-5-6-7-8-27(32)31-22-15-17-29(3)21(19-22)10-11-23-25-13-12-24(20(2)9-14-28(33)34)30(25,4)18-16-26(23)29/h1,20-26H,6-19H2,2-4H3,(H,31,32)(H,33,34)/t20-,21?,22+,23?,24-,25?,26?,29+,30-/m1/s1. The predicted octanol–water partition coefficient (Wildman–Crippen LogP) is 6.43. The van der Waals surface area contributed by atoms with E-state index in [2.05, 4.69) is 32.0 Å². The monoisotopic (exact) mass is 469 g/mol. The second kappa shape index (κ2) is 10.2. The number of carboxylic acid groups (broad SMARTS) is 1. The van der Waals surface area contributed by atoms with Gasteiger partial charge in [-0.3, -0.25) is 9.59 Å². The Morgan fingerprint density at radius 1 is 1.03 bits per heavy atom. The number of carbonyl (C=O) groups excluding carboxylic acids is 1. The van der Waals surface area contributed by atoms with Gasteiger partial charge < -0.3 is 10.4 Å². The zero-order valence-electron chi connectivity index (χ0n) is 21.8. The number of carbonyl (C=O) groups is 2. The summed E-state index contributed by atoms with van der Waals surface area (Å²) in [5, 5.41) is 12.5. The van der Waals surface area contributed by atoms with E-state index in [-0.39, 0.29) is 5.91 Å². The molecule has 0 aromatic rings. The van der Waals surface area contributed by atoms with E-state index in [0.717, 1.165) is 49.4 Å². The molecule has 2 N–H and O–H groups in total. The van der Waals surface area contributed by atoms with Crippen LogP contribution in [0.5, 0.6) is 0 Å². The van der Waals surface area contributed by atoms with Crippen molar-refractivity contribution in [2.45, 2.75) is 117 Å². The van der Waals surface area contributed by atoms with Crippen LogP contribution in [0, 0.1) is 58.7 Å². The topological polar surface area (TPSA) is 66.4 Å². The van der Waals surface area contributed by atoms with Crippen molar-refractivity contribution in [1.82, 2.24) is 5.32 Å². The Labute approximate surface area is 207 Å². The van der Waals surface area contributed by atoms with E-state index >= 15 is 0 Å². The zero-order chi connectivity index (χ0) is 24.5. The number of nitrogens with one attached hydrogen (secondary N) is 1. The third-order valence-electron chi connectivity index (χ3n) is 11.3. The minimum absolute atomic E-state index is 0.181. The van der Waals surface area contributed by atoms with Gasteiger partial charge in [-0.1, -0.05) is 20.8 Å². The second-order valence-corrected chi connectivity index (χ2v) is 12.9. The molecule has 190 valence electrons. The molecule has 0 spiro atoms. The fourth-order valence-electron chi connectivity index (χ4n) is 9.57. The van der Waals surface area contributed by atoms with Crippen LogP contribution in [-0.2, 0) is 9.59 Å². The van der Waals surface area contributed by atoms with Crippen molar-refractivity contribution in [2.75, 3.05) is 0 Å². The highest BCUT2D eigenvalue weighted by Crippen LogP contribution is 2.68. The van der Waals surface area contributed by atoms with Gasteiger partial charge in [-0.15, -0.1) is 12.3 Å². The summed E-state index contributed by atoms with van der Waals surface area (Å²) >= 11 is 0. The summed E-state index contributed by atoms with van der Waals surface area (Å²) in [5.74, 6) is 6.56. The van der Waals surface area contributed by atoms with Crippen molar-refractivity contribution in [3.05, 3.63) is 0 Å². The molecule has 4 unspecified atom stereocenters. The van der Waals surface area contributed by atoms with Gasteiger partial charge in [-0.25, -0.2) is 0 Å². The summed E-state index contributed by atoms with van der Waals surface area (Å²) in [6.45, 7) is 7.46. The van der Waals surface area contributed by atoms with E-state index in [9.17, 15) is 14.7 Å². The second-order valence-electron chi connectivity index (χ2n) is 12.9. The maximum Gasteiger partial charge on any atom is 0.303 e. The first-order valence-electron chi connectivity index (χ1n) is 14.1. The molecule has 4 rings (SSSR count). The molecule has 1 amide bonds. The Morgan fingerprint density at radius 3 is 2.50 bits per heavy atom. The first kappa shape index (κ1) is 25.6. The summed E-state index contributed by atoms with van der Waals surface area (Å²) in [6, 6.07) is 0.341. The molecule has 0 bridgehead atoms. The van der Waals surface area contributed by atoms with Crippen molar-refractivity contribution in [3.63, 3.8) is 0 Å². The highest BCUT2D eigenvalue weighted by Gasteiger charge is 2.60. The molecule has 4 fully saturated rings. The summed E-state index contributed by atoms with van der Waals surface area (Å²) in [7, 11) is 0. The van der Waals surface area contributed by atoms with Crippen LogP contribution in [0.2, 0.25) is 0 Å². The van der Waals surface area contributed by atoms with Crippen LogP contribution < -0.4 is 5.32 Å². The smallest absolute Gasteiger partial charge is 0.303 e. The lowest BCUT2D eigenvalue weighted by atomic mass is 9.44. The van der Waals surface area contributed by atoms with Crippen LogP contribution in [0.4, 0.5) is 0 Å². The third-order valence-corrected chi connectivity index (χ3v) is 11.3. The Balaban J connectivity index is 1.38.